The third-order valence-corrected chi connectivity index (χ3v) is 4.67. The maximum Gasteiger partial charge on any atom is 0.0483 e. The molecule has 0 saturated carbocycles. The van der Waals surface area contributed by atoms with Crippen molar-refractivity contribution >= 4 is 10.9 Å². The van der Waals surface area contributed by atoms with Crippen LogP contribution in [0.2, 0.25) is 0 Å². The highest BCUT2D eigenvalue weighted by molar-refractivity contribution is 5.80. The van der Waals surface area contributed by atoms with Gasteiger partial charge in [0.15, 0.2) is 0 Å². The number of likely N-dealkylation sites (N-methyl/N-ethyl adjacent to an activating group) is 1. The summed E-state index contributed by atoms with van der Waals surface area (Å²) in [5.74, 6) is 0.759. The highest BCUT2D eigenvalue weighted by Gasteiger charge is 2.15. The lowest BCUT2D eigenvalue weighted by atomic mass is 10.0. The molecule has 1 atom stereocenters. The Morgan fingerprint density at radius 2 is 2.10 bits per heavy atom. The van der Waals surface area contributed by atoms with Gasteiger partial charge >= 0.3 is 0 Å². The molecule has 0 amide bonds. The topological polar surface area (TPSA) is 26.2 Å². The molecule has 114 valence electrons. The van der Waals surface area contributed by atoms with Crippen LogP contribution in [0.3, 0.4) is 0 Å². The zero-order valence-corrected chi connectivity index (χ0v) is 13.1. The first kappa shape index (κ1) is 14.6. The summed E-state index contributed by atoms with van der Waals surface area (Å²) < 4.78 is 7.89. The Labute approximate surface area is 127 Å². The standard InChI is InChI=1S/C18H26N2O/c1-14(19-2)11-16-3-4-17-5-8-20(18(17)12-16)13-15-6-9-21-10-7-15/h3-5,8,12,14-15,19H,6-7,9-11,13H2,1-2H3. The molecule has 1 fully saturated rings. The molecule has 0 radical (unpaired) electrons. The quantitative estimate of drug-likeness (QED) is 0.913. The number of aromatic nitrogens is 1. The molecule has 2 heterocycles. The fraction of sp³-hybridized carbons (Fsp3) is 0.556. The van der Waals surface area contributed by atoms with Crippen molar-refractivity contribution in [2.45, 2.75) is 38.8 Å². The first-order valence-corrected chi connectivity index (χ1v) is 8.09. The van der Waals surface area contributed by atoms with E-state index in [-0.39, 0.29) is 0 Å². The molecule has 0 aliphatic carbocycles. The fourth-order valence-electron chi connectivity index (χ4n) is 3.18. The van der Waals surface area contributed by atoms with Gasteiger partial charge in [-0.3, -0.25) is 0 Å². The van der Waals surface area contributed by atoms with Gasteiger partial charge in [-0.2, -0.15) is 0 Å². The summed E-state index contributed by atoms with van der Waals surface area (Å²) in [6, 6.07) is 9.63. The fourth-order valence-corrected chi connectivity index (χ4v) is 3.18. The van der Waals surface area contributed by atoms with Crippen molar-refractivity contribution in [1.82, 2.24) is 9.88 Å². The molecule has 1 aromatic carbocycles. The average Bonchev–Trinajstić information content (AvgIpc) is 2.91. The molecule has 2 aromatic rings. The van der Waals surface area contributed by atoms with Gasteiger partial charge in [0.05, 0.1) is 0 Å². The predicted octanol–water partition coefficient (Wildman–Crippen LogP) is 3.22. The van der Waals surface area contributed by atoms with Gasteiger partial charge in [0, 0.05) is 37.5 Å². The van der Waals surface area contributed by atoms with Crippen LogP contribution in [0.4, 0.5) is 0 Å². The Kier molecular flexibility index (Phi) is 4.61. The van der Waals surface area contributed by atoms with E-state index in [2.05, 4.69) is 47.3 Å². The van der Waals surface area contributed by atoms with Gasteiger partial charge < -0.3 is 14.6 Å². The van der Waals surface area contributed by atoms with Crippen LogP contribution >= 0.6 is 0 Å². The van der Waals surface area contributed by atoms with Gasteiger partial charge in [-0.15, -0.1) is 0 Å². The lowest BCUT2D eigenvalue weighted by Crippen LogP contribution is -2.23. The largest absolute Gasteiger partial charge is 0.381 e. The molecule has 1 aromatic heterocycles. The van der Waals surface area contributed by atoms with Crippen molar-refractivity contribution in [3.8, 4) is 0 Å². The number of fused-ring (bicyclic) bond motifs is 1. The number of hydrogen-bond acceptors (Lipinski definition) is 2. The molecule has 1 aliphatic heterocycles. The number of benzene rings is 1. The molecule has 21 heavy (non-hydrogen) atoms. The van der Waals surface area contributed by atoms with E-state index in [4.69, 9.17) is 4.74 Å². The minimum Gasteiger partial charge on any atom is -0.381 e. The highest BCUT2D eigenvalue weighted by Crippen LogP contribution is 2.23. The molecule has 1 N–H and O–H groups in total. The van der Waals surface area contributed by atoms with E-state index < -0.39 is 0 Å². The predicted molar refractivity (Wildman–Crippen MR) is 87.7 cm³/mol. The van der Waals surface area contributed by atoms with Gasteiger partial charge in [-0.05, 0) is 62.2 Å². The zero-order valence-electron chi connectivity index (χ0n) is 13.1. The van der Waals surface area contributed by atoms with Crippen LogP contribution in [0.1, 0.15) is 25.3 Å². The van der Waals surface area contributed by atoms with E-state index in [1.807, 2.05) is 7.05 Å². The second kappa shape index (κ2) is 6.63. The number of nitrogens with one attached hydrogen (secondary N) is 1. The van der Waals surface area contributed by atoms with Gasteiger partial charge in [-0.25, -0.2) is 0 Å². The van der Waals surface area contributed by atoms with Crippen molar-refractivity contribution < 1.29 is 4.74 Å². The third-order valence-electron chi connectivity index (χ3n) is 4.67. The smallest absolute Gasteiger partial charge is 0.0483 e. The second-order valence-corrected chi connectivity index (χ2v) is 6.31. The maximum atomic E-state index is 5.47. The Morgan fingerprint density at radius 1 is 1.29 bits per heavy atom. The molecule has 0 bridgehead atoms. The summed E-state index contributed by atoms with van der Waals surface area (Å²) in [5, 5.41) is 4.66. The van der Waals surface area contributed by atoms with Crippen LogP contribution in [0, 0.1) is 5.92 Å². The molecular formula is C18H26N2O. The van der Waals surface area contributed by atoms with E-state index in [9.17, 15) is 0 Å². The molecule has 3 heteroatoms. The Morgan fingerprint density at radius 3 is 2.86 bits per heavy atom. The van der Waals surface area contributed by atoms with Crippen LogP contribution in [0.5, 0.6) is 0 Å². The van der Waals surface area contributed by atoms with E-state index in [0.29, 0.717) is 6.04 Å². The summed E-state index contributed by atoms with van der Waals surface area (Å²) in [6.45, 7) is 5.20. The first-order chi connectivity index (χ1) is 10.3. The van der Waals surface area contributed by atoms with Crippen LogP contribution in [0.15, 0.2) is 30.5 Å². The lowest BCUT2D eigenvalue weighted by molar-refractivity contribution is 0.0616. The molecule has 0 spiro atoms. The number of hydrogen-bond donors (Lipinski definition) is 1. The molecule has 1 unspecified atom stereocenters. The summed E-state index contributed by atoms with van der Waals surface area (Å²) >= 11 is 0. The second-order valence-electron chi connectivity index (χ2n) is 6.31. The number of rotatable bonds is 5. The first-order valence-electron chi connectivity index (χ1n) is 8.09. The van der Waals surface area contributed by atoms with E-state index in [1.54, 1.807) is 0 Å². The molecule has 1 aliphatic rings. The summed E-state index contributed by atoms with van der Waals surface area (Å²) in [5.41, 5.74) is 2.79. The maximum absolute atomic E-state index is 5.47. The Hall–Kier alpha value is -1.32. The zero-order chi connectivity index (χ0) is 14.7. The molecule has 1 saturated heterocycles. The summed E-state index contributed by atoms with van der Waals surface area (Å²) in [6.07, 6.45) is 5.70. The van der Waals surface area contributed by atoms with Crippen molar-refractivity contribution in [3.05, 3.63) is 36.0 Å². The van der Waals surface area contributed by atoms with E-state index in [1.165, 1.54) is 29.3 Å². The van der Waals surface area contributed by atoms with Gasteiger partial charge in [0.2, 0.25) is 0 Å². The van der Waals surface area contributed by atoms with Crippen LogP contribution < -0.4 is 5.32 Å². The SMILES string of the molecule is CNC(C)Cc1ccc2ccn(CC3CCOCC3)c2c1. The van der Waals surface area contributed by atoms with Crippen LogP contribution in [0.25, 0.3) is 10.9 Å². The number of nitrogens with zero attached hydrogens (tertiary/aromatic N) is 1. The molecule has 3 nitrogen and oxygen atoms in total. The van der Waals surface area contributed by atoms with E-state index >= 15 is 0 Å². The average molecular weight is 286 g/mol. The minimum absolute atomic E-state index is 0.515. The lowest BCUT2D eigenvalue weighted by Gasteiger charge is -2.23. The van der Waals surface area contributed by atoms with Gasteiger partial charge in [0.1, 0.15) is 0 Å². The highest BCUT2D eigenvalue weighted by atomic mass is 16.5. The Bertz CT molecular complexity index is 584. The third kappa shape index (κ3) is 3.47. The van der Waals surface area contributed by atoms with E-state index in [0.717, 1.165) is 32.1 Å². The minimum atomic E-state index is 0.515. The molecular weight excluding hydrogens is 260 g/mol. The van der Waals surface area contributed by atoms with Crippen molar-refractivity contribution in [1.29, 1.82) is 0 Å². The molecule has 3 rings (SSSR count). The summed E-state index contributed by atoms with van der Waals surface area (Å²) in [7, 11) is 2.02. The normalized spacial score (nSPS) is 18.2. The van der Waals surface area contributed by atoms with Crippen molar-refractivity contribution in [3.63, 3.8) is 0 Å². The van der Waals surface area contributed by atoms with Gasteiger partial charge in [-0.1, -0.05) is 12.1 Å². The van der Waals surface area contributed by atoms with Crippen molar-refractivity contribution in [2.24, 2.45) is 5.92 Å². The Balaban J connectivity index is 1.79. The van der Waals surface area contributed by atoms with Crippen molar-refractivity contribution in [2.75, 3.05) is 20.3 Å². The van der Waals surface area contributed by atoms with Crippen LogP contribution in [-0.4, -0.2) is 30.9 Å². The number of ether oxygens (including phenoxy) is 1. The van der Waals surface area contributed by atoms with Gasteiger partial charge in [0.25, 0.3) is 0 Å². The van der Waals surface area contributed by atoms with Crippen LogP contribution in [-0.2, 0) is 17.7 Å². The monoisotopic (exact) mass is 286 g/mol. The summed E-state index contributed by atoms with van der Waals surface area (Å²) in [4.78, 5) is 0.